The van der Waals surface area contributed by atoms with Gasteiger partial charge in [-0.3, -0.25) is 29.0 Å². The maximum atomic E-state index is 12.9. The molecule has 37 heavy (non-hydrogen) atoms. The Bertz CT molecular complexity index is 930. The molecule has 1 saturated carbocycles. The van der Waals surface area contributed by atoms with Gasteiger partial charge in [0.05, 0.1) is 6.04 Å². The van der Waals surface area contributed by atoms with Gasteiger partial charge in [0.1, 0.15) is 12.1 Å². The van der Waals surface area contributed by atoms with Gasteiger partial charge in [0.2, 0.25) is 17.6 Å². The number of Topliss-reactive ketones (excluding diaryl/α,β-unsaturated/α-hetero) is 1. The molecule has 2 rings (SSSR count). The Morgan fingerprint density at radius 3 is 2.16 bits per heavy atom. The molecule has 10 heteroatoms. The summed E-state index contributed by atoms with van der Waals surface area (Å²) in [6, 6.07) is 0.237. The first-order valence-corrected chi connectivity index (χ1v) is 13.3. The Balaban J connectivity index is 1.98. The number of hydrogen-bond acceptors (Lipinski definition) is 6. The highest BCUT2D eigenvalue weighted by Gasteiger charge is 2.31. The van der Waals surface area contributed by atoms with E-state index < -0.39 is 47.5 Å². The summed E-state index contributed by atoms with van der Waals surface area (Å²) < 4.78 is 0. The average molecular weight is 516 g/mol. The summed E-state index contributed by atoms with van der Waals surface area (Å²) in [5, 5.41) is 10.8. The molecule has 1 fully saturated rings. The van der Waals surface area contributed by atoms with Crippen molar-refractivity contribution in [3.8, 4) is 0 Å². The maximum absolute atomic E-state index is 12.9. The Morgan fingerprint density at radius 1 is 0.919 bits per heavy atom. The number of carbonyl (C=O) groups is 5. The molecular formula is C27H41N5O5. The molecular weight excluding hydrogens is 474 g/mol. The number of nitrogens with one attached hydrogen (secondary N) is 4. The highest BCUT2D eigenvalue weighted by molar-refractivity contribution is 6.38. The number of unbranched alkanes of at least 4 members (excludes halogenated alkanes) is 1. The molecule has 4 N–H and O–H groups in total. The molecule has 0 radical (unpaired) electrons. The van der Waals surface area contributed by atoms with E-state index in [1.807, 2.05) is 6.92 Å². The van der Waals surface area contributed by atoms with E-state index in [1.54, 1.807) is 26.0 Å². The summed E-state index contributed by atoms with van der Waals surface area (Å²) in [6.07, 6.45) is 9.62. The lowest BCUT2D eigenvalue weighted by molar-refractivity contribution is -0.141. The van der Waals surface area contributed by atoms with Gasteiger partial charge >= 0.3 is 0 Å². The van der Waals surface area contributed by atoms with Crippen LogP contribution in [-0.4, -0.2) is 58.6 Å². The van der Waals surface area contributed by atoms with E-state index in [2.05, 4.69) is 26.3 Å². The second kappa shape index (κ2) is 15.1. The first-order chi connectivity index (χ1) is 17.6. The SMILES string of the molecule is CCCC[C@H](NC(=O)[C@H](C)NC(=O)[C@@H](NC(=O)c1ccncc1)C(C)C)C(=O)C(=O)NC1CCCCC1. The molecule has 0 unspecified atom stereocenters. The summed E-state index contributed by atoms with van der Waals surface area (Å²) >= 11 is 0. The number of rotatable bonds is 13. The normalized spacial score (nSPS) is 16.2. The lowest BCUT2D eigenvalue weighted by atomic mass is 9.95. The number of carbonyl (C=O) groups excluding carboxylic acids is 5. The van der Waals surface area contributed by atoms with Crippen LogP contribution in [0.3, 0.4) is 0 Å². The second-order valence-corrected chi connectivity index (χ2v) is 10.0. The fourth-order valence-corrected chi connectivity index (χ4v) is 4.27. The first-order valence-electron chi connectivity index (χ1n) is 13.3. The number of amides is 4. The summed E-state index contributed by atoms with van der Waals surface area (Å²) in [5.41, 5.74) is 0.364. The molecule has 0 spiro atoms. The highest BCUT2D eigenvalue weighted by atomic mass is 16.2. The predicted octanol–water partition coefficient (Wildman–Crippen LogP) is 2.03. The van der Waals surface area contributed by atoms with Crippen molar-refractivity contribution in [2.75, 3.05) is 0 Å². The van der Waals surface area contributed by atoms with E-state index in [1.165, 1.54) is 19.3 Å². The third-order valence-corrected chi connectivity index (χ3v) is 6.57. The van der Waals surface area contributed by atoms with E-state index in [4.69, 9.17) is 0 Å². The van der Waals surface area contributed by atoms with Gasteiger partial charge in [0.15, 0.2) is 0 Å². The maximum Gasteiger partial charge on any atom is 0.289 e. The zero-order valence-electron chi connectivity index (χ0n) is 22.3. The van der Waals surface area contributed by atoms with Crippen LogP contribution >= 0.6 is 0 Å². The fourth-order valence-electron chi connectivity index (χ4n) is 4.27. The zero-order valence-corrected chi connectivity index (χ0v) is 22.3. The third-order valence-electron chi connectivity index (χ3n) is 6.57. The smallest absolute Gasteiger partial charge is 0.289 e. The number of nitrogens with zero attached hydrogens (tertiary/aromatic N) is 1. The van der Waals surface area contributed by atoms with Crippen LogP contribution < -0.4 is 21.3 Å². The molecule has 0 aliphatic heterocycles. The number of pyridine rings is 1. The van der Waals surface area contributed by atoms with Crippen LogP contribution in [0.5, 0.6) is 0 Å². The van der Waals surface area contributed by atoms with Crippen LogP contribution in [0.25, 0.3) is 0 Å². The molecule has 1 aliphatic rings. The molecule has 1 aromatic rings. The molecule has 1 aromatic heterocycles. The van der Waals surface area contributed by atoms with Gasteiger partial charge < -0.3 is 21.3 Å². The Morgan fingerprint density at radius 2 is 1.57 bits per heavy atom. The third kappa shape index (κ3) is 9.59. The van der Waals surface area contributed by atoms with E-state index in [-0.39, 0.29) is 12.0 Å². The zero-order chi connectivity index (χ0) is 27.4. The van der Waals surface area contributed by atoms with Crippen molar-refractivity contribution in [1.82, 2.24) is 26.3 Å². The van der Waals surface area contributed by atoms with Crippen molar-refractivity contribution in [3.63, 3.8) is 0 Å². The van der Waals surface area contributed by atoms with Crippen molar-refractivity contribution < 1.29 is 24.0 Å². The van der Waals surface area contributed by atoms with Crippen LogP contribution in [-0.2, 0) is 19.2 Å². The standard InChI is InChI=1S/C27H41N5O5/c1-5-6-12-21(23(33)27(37)30-20-10-8-7-9-11-20)31-24(34)18(4)29-26(36)22(17(2)3)32-25(35)19-13-15-28-16-14-19/h13-18,20-22H,5-12H2,1-4H3,(H,29,36)(H,30,37)(H,31,34)(H,32,35)/t18-,21-,22-/m0/s1. The molecule has 0 bridgehead atoms. The van der Waals surface area contributed by atoms with E-state index in [9.17, 15) is 24.0 Å². The lowest BCUT2D eigenvalue weighted by Crippen LogP contribution is -2.57. The molecule has 0 aromatic carbocycles. The van der Waals surface area contributed by atoms with Crippen LogP contribution in [0.15, 0.2) is 24.5 Å². The molecule has 10 nitrogen and oxygen atoms in total. The minimum Gasteiger partial charge on any atom is -0.347 e. The number of ketones is 1. The largest absolute Gasteiger partial charge is 0.347 e. The monoisotopic (exact) mass is 515 g/mol. The van der Waals surface area contributed by atoms with Gasteiger partial charge in [-0.05, 0) is 44.2 Å². The minimum absolute atomic E-state index is 0.0127. The summed E-state index contributed by atoms with van der Waals surface area (Å²) in [7, 11) is 0. The molecule has 0 saturated heterocycles. The van der Waals surface area contributed by atoms with Gasteiger partial charge in [-0.2, -0.15) is 0 Å². The van der Waals surface area contributed by atoms with Crippen molar-refractivity contribution in [3.05, 3.63) is 30.1 Å². The lowest BCUT2D eigenvalue weighted by Gasteiger charge is -2.26. The molecule has 204 valence electrons. The quantitative estimate of drug-likeness (QED) is 0.296. The van der Waals surface area contributed by atoms with Crippen molar-refractivity contribution in [2.45, 2.75) is 103 Å². The molecule has 4 amide bonds. The minimum atomic E-state index is -0.982. The first kappa shape index (κ1) is 29.9. The van der Waals surface area contributed by atoms with Gasteiger partial charge in [-0.15, -0.1) is 0 Å². The number of aromatic nitrogens is 1. The van der Waals surface area contributed by atoms with Crippen LogP contribution in [0.2, 0.25) is 0 Å². The van der Waals surface area contributed by atoms with Crippen LogP contribution in [0.4, 0.5) is 0 Å². The Kier molecular flexibility index (Phi) is 12.2. The van der Waals surface area contributed by atoms with Crippen molar-refractivity contribution >= 4 is 29.4 Å². The van der Waals surface area contributed by atoms with Gasteiger partial charge in [0.25, 0.3) is 11.8 Å². The summed E-state index contributed by atoms with van der Waals surface area (Å²) in [4.78, 5) is 67.7. The second-order valence-electron chi connectivity index (χ2n) is 10.0. The highest BCUT2D eigenvalue weighted by Crippen LogP contribution is 2.17. The summed E-state index contributed by atoms with van der Waals surface area (Å²) in [5.74, 6) is -3.12. The average Bonchev–Trinajstić information content (AvgIpc) is 2.89. The fraction of sp³-hybridized carbons (Fsp3) is 0.630. The Labute approximate surface area is 219 Å². The summed E-state index contributed by atoms with van der Waals surface area (Å²) in [6.45, 7) is 7.03. The van der Waals surface area contributed by atoms with Gasteiger partial charge in [0, 0.05) is 24.0 Å². The predicted molar refractivity (Wildman–Crippen MR) is 139 cm³/mol. The Hall–Kier alpha value is -3.30. The van der Waals surface area contributed by atoms with Crippen molar-refractivity contribution in [2.24, 2.45) is 5.92 Å². The van der Waals surface area contributed by atoms with Gasteiger partial charge in [-0.25, -0.2) is 0 Å². The number of hydrogen-bond donors (Lipinski definition) is 4. The van der Waals surface area contributed by atoms with Gasteiger partial charge in [-0.1, -0.05) is 52.9 Å². The van der Waals surface area contributed by atoms with Crippen LogP contribution in [0, 0.1) is 5.92 Å². The van der Waals surface area contributed by atoms with E-state index in [0.717, 1.165) is 38.5 Å². The molecule has 3 atom stereocenters. The topological polar surface area (TPSA) is 146 Å². The molecule has 1 heterocycles. The van der Waals surface area contributed by atoms with Crippen LogP contribution in [0.1, 0.15) is 89.4 Å². The van der Waals surface area contributed by atoms with E-state index in [0.29, 0.717) is 18.4 Å². The van der Waals surface area contributed by atoms with Crippen molar-refractivity contribution in [1.29, 1.82) is 0 Å². The molecule has 1 aliphatic carbocycles. The van der Waals surface area contributed by atoms with E-state index >= 15 is 0 Å².